The number of allylic oxidation sites excluding steroid dienone is 4. The van der Waals surface area contributed by atoms with Gasteiger partial charge in [-0.2, -0.15) is 0 Å². The second-order valence-corrected chi connectivity index (χ2v) is 3.60. The average molecular weight is 246 g/mol. The largest absolute Gasteiger partial charge is 0.389 e. The van der Waals surface area contributed by atoms with Crippen LogP contribution in [-0.2, 0) is 0 Å². The van der Waals surface area contributed by atoms with Crippen molar-refractivity contribution in [3.63, 3.8) is 0 Å². The Labute approximate surface area is 90.4 Å². The summed E-state index contributed by atoms with van der Waals surface area (Å²) in [6, 6.07) is 0. The van der Waals surface area contributed by atoms with Crippen molar-refractivity contribution < 1.29 is 0 Å². The van der Waals surface area contributed by atoms with Crippen LogP contribution in [0.2, 0.25) is 0 Å². The summed E-state index contributed by atoms with van der Waals surface area (Å²) < 4.78 is 1.21. The van der Waals surface area contributed by atoms with Crippen LogP contribution in [0.5, 0.6) is 0 Å². The van der Waals surface area contributed by atoms with E-state index in [0.717, 1.165) is 6.54 Å². The topological polar surface area (TPSA) is 12.0 Å². The third kappa shape index (κ3) is 5.92. The number of rotatable bonds is 2. The lowest BCUT2D eigenvalue weighted by molar-refractivity contribution is 0.742. The molecule has 1 aliphatic carbocycles. The van der Waals surface area contributed by atoms with Gasteiger partial charge >= 0.3 is 0 Å². The Kier molecular flexibility index (Phi) is 8.21. The molecule has 2 heteroatoms. The van der Waals surface area contributed by atoms with Gasteiger partial charge in [0.15, 0.2) is 0 Å². The third-order valence-electron chi connectivity index (χ3n) is 1.71. The molecule has 0 heterocycles. The smallest absolute Gasteiger partial charge is 0.0152 e. The fourth-order valence-electron chi connectivity index (χ4n) is 1.20. The van der Waals surface area contributed by atoms with Gasteiger partial charge in [0.05, 0.1) is 0 Å². The average Bonchev–Trinajstić information content (AvgIpc) is 2.34. The molecule has 0 spiro atoms. The van der Waals surface area contributed by atoms with Gasteiger partial charge in [-0.25, -0.2) is 0 Å². The van der Waals surface area contributed by atoms with Gasteiger partial charge < -0.3 is 5.32 Å². The van der Waals surface area contributed by atoms with Crippen molar-refractivity contribution in [3.8, 4) is 0 Å². The summed E-state index contributed by atoms with van der Waals surface area (Å²) in [5.41, 5.74) is 1.35. The number of hydrogen-bond donors (Lipinski definition) is 1. The summed E-state index contributed by atoms with van der Waals surface area (Å²) in [5.74, 6) is 0. The maximum atomic E-state index is 3.49. The van der Waals surface area contributed by atoms with Gasteiger partial charge in [0.2, 0.25) is 0 Å². The molecule has 1 N–H and O–H groups in total. The highest BCUT2D eigenvalue weighted by Crippen LogP contribution is 2.18. The Morgan fingerprint density at radius 3 is 2.77 bits per heavy atom. The highest BCUT2D eigenvalue weighted by molar-refractivity contribution is 9.11. The minimum atomic E-state index is 1.02. The van der Waals surface area contributed by atoms with Gasteiger partial charge in [-0.15, -0.1) is 0 Å². The van der Waals surface area contributed by atoms with E-state index < -0.39 is 0 Å². The van der Waals surface area contributed by atoms with Crippen LogP contribution in [0, 0.1) is 0 Å². The molecule has 0 aromatic carbocycles. The fourth-order valence-corrected chi connectivity index (χ4v) is 1.70. The van der Waals surface area contributed by atoms with Crippen LogP contribution in [0.3, 0.4) is 0 Å². The normalized spacial score (nSPS) is 16.0. The van der Waals surface area contributed by atoms with Gasteiger partial charge in [-0.05, 0) is 32.3 Å². The first-order chi connectivity index (χ1) is 6.33. The first kappa shape index (κ1) is 12.8. The molecule has 0 radical (unpaired) electrons. The minimum absolute atomic E-state index is 1.02. The summed E-state index contributed by atoms with van der Waals surface area (Å²) in [6.07, 6.45) is 8.03. The van der Waals surface area contributed by atoms with Gasteiger partial charge in [0.1, 0.15) is 0 Å². The van der Waals surface area contributed by atoms with Crippen LogP contribution >= 0.6 is 15.9 Å². The van der Waals surface area contributed by atoms with E-state index in [-0.39, 0.29) is 0 Å². The highest BCUT2D eigenvalue weighted by Gasteiger charge is 2.00. The number of nitrogens with one attached hydrogen (secondary N) is 1. The van der Waals surface area contributed by atoms with E-state index in [4.69, 9.17) is 0 Å². The molecule has 0 bridgehead atoms. The second-order valence-electron chi connectivity index (χ2n) is 2.68. The van der Waals surface area contributed by atoms with Crippen molar-refractivity contribution >= 4 is 15.9 Å². The molecule has 13 heavy (non-hydrogen) atoms. The van der Waals surface area contributed by atoms with Gasteiger partial charge in [0, 0.05) is 16.7 Å². The summed E-state index contributed by atoms with van der Waals surface area (Å²) in [4.78, 5) is 0. The van der Waals surface area contributed by atoms with Crippen molar-refractivity contribution in [1.29, 1.82) is 0 Å². The molecular weight excluding hydrogens is 226 g/mol. The maximum absolute atomic E-state index is 3.49. The van der Waals surface area contributed by atoms with E-state index in [1.165, 1.54) is 29.4 Å². The first-order valence-electron chi connectivity index (χ1n) is 5.13. The second kappa shape index (κ2) is 8.36. The van der Waals surface area contributed by atoms with Crippen molar-refractivity contribution in [3.05, 3.63) is 22.3 Å². The third-order valence-corrected chi connectivity index (χ3v) is 2.26. The first-order valence-corrected chi connectivity index (χ1v) is 5.92. The Morgan fingerprint density at radius 1 is 1.46 bits per heavy atom. The zero-order valence-electron chi connectivity index (χ0n) is 8.86. The van der Waals surface area contributed by atoms with Crippen LogP contribution in [0.1, 0.15) is 40.0 Å². The molecule has 0 atom stereocenters. The van der Waals surface area contributed by atoms with E-state index in [9.17, 15) is 0 Å². The molecule has 0 aliphatic heterocycles. The highest BCUT2D eigenvalue weighted by atomic mass is 79.9. The van der Waals surface area contributed by atoms with Crippen molar-refractivity contribution in [2.45, 2.75) is 40.0 Å². The monoisotopic (exact) mass is 245 g/mol. The number of halogens is 1. The van der Waals surface area contributed by atoms with Gasteiger partial charge in [-0.1, -0.05) is 35.9 Å². The summed E-state index contributed by atoms with van der Waals surface area (Å²) in [5, 5.41) is 3.35. The van der Waals surface area contributed by atoms with E-state index in [1.54, 1.807) is 0 Å². The lowest BCUT2D eigenvalue weighted by Gasteiger charge is -2.05. The molecule has 1 aliphatic rings. The zero-order valence-corrected chi connectivity index (χ0v) is 10.4. The molecule has 0 amide bonds. The van der Waals surface area contributed by atoms with Gasteiger partial charge in [-0.3, -0.25) is 0 Å². The summed E-state index contributed by atoms with van der Waals surface area (Å²) in [6.45, 7) is 7.15. The summed E-state index contributed by atoms with van der Waals surface area (Å²) >= 11 is 3.49. The van der Waals surface area contributed by atoms with Crippen LogP contribution in [-0.4, -0.2) is 6.54 Å². The Bertz CT molecular complexity index is 179. The van der Waals surface area contributed by atoms with Crippen molar-refractivity contribution in [1.82, 2.24) is 5.32 Å². The molecule has 0 aromatic rings. The Balaban J connectivity index is 0.000000671. The molecule has 1 rings (SSSR count). The fraction of sp³-hybridized carbons (Fsp3) is 0.636. The van der Waals surface area contributed by atoms with Crippen LogP contribution in [0.15, 0.2) is 22.3 Å². The van der Waals surface area contributed by atoms with Crippen molar-refractivity contribution in [2.24, 2.45) is 0 Å². The van der Waals surface area contributed by atoms with Crippen molar-refractivity contribution in [2.75, 3.05) is 6.54 Å². The molecule has 1 nitrogen and oxygen atoms in total. The van der Waals surface area contributed by atoms with E-state index in [0.29, 0.717) is 0 Å². The van der Waals surface area contributed by atoms with E-state index >= 15 is 0 Å². The molecule has 0 aromatic heterocycles. The molecule has 0 saturated heterocycles. The molecule has 76 valence electrons. The standard InChI is InChI=1S/C9H14BrN.C2H6/c1-2-11-9-6-4-3-5-8(10)7-9;1-2/h5,7,11H,2-4,6H2,1H3;1-2H3. The number of hydrogen-bond acceptors (Lipinski definition) is 1. The predicted octanol–water partition coefficient (Wildman–Crippen LogP) is 3.97. The molecular formula is C11H20BrN. The lowest BCUT2D eigenvalue weighted by atomic mass is 10.2. The summed E-state index contributed by atoms with van der Waals surface area (Å²) in [7, 11) is 0. The Hall–Kier alpha value is -0.240. The predicted molar refractivity (Wildman–Crippen MR) is 64.0 cm³/mol. The SMILES string of the molecule is CC.CCNC1=CC(Br)=CCCC1. The minimum Gasteiger partial charge on any atom is -0.389 e. The van der Waals surface area contributed by atoms with Crippen LogP contribution in [0.25, 0.3) is 0 Å². The lowest BCUT2D eigenvalue weighted by Crippen LogP contribution is -2.11. The molecule has 0 unspecified atom stereocenters. The van der Waals surface area contributed by atoms with E-state index in [2.05, 4.69) is 40.3 Å². The van der Waals surface area contributed by atoms with E-state index in [1.807, 2.05) is 13.8 Å². The quantitative estimate of drug-likeness (QED) is 0.777. The van der Waals surface area contributed by atoms with Gasteiger partial charge in [0.25, 0.3) is 0 Å². The maximum Gasteiger partial charge on any atom is 0.0152 e. The Morgan fingerprint density at radius 2 is 2.15 bits per heavy atom. The molecule has 0 fully saturated rings. The molecule has 0 saturated carbocycles. The van der Waals surface area contributed by atoms with Crippen LogP contribution in [0.4, 0.5) is 0 Å². The zero-order chi connectivity index (χ0) is 10.1. The van der Waals surface area contributed by atoms with Crippen LogP contribution < -0.4 is 5.32 Å².